The number of nitrogens with zero attached hydrogens (tertiary/aromatic N) is 2. The fraction of sp³-hybridized carbons (Fsp3) is 0.600. The zero-order valence-electron chi connectivity index (χ0n) is 9.59. The number of hydrogen-bond donors (Lipinski definition) is 1. The molecule has 1 aromatic rings. The number of nitrogens with one attached hydrogen (secondary N) is 1. The summed E-state index contributed by atoms with van der Waals surface area (Å²) in [5.74, 6) is -0.0171. The maximum atomic E-state index is 12.2. The molecule has 1 aliphatic heterocycles. The van der Waals surface area contributed by atoms with Gasteiger partial charge in [0, 0.05) is 31.6 Å². The Bertz CT molecular complexity index is 495. The molecule has 1 saturated heterocycles. The minimum absolute atomic E-state index is 0.154. The van der Waals surface area contributed by atoms with Crippen LogP contribution in [0.1, 0.15) is 19.8 Å². The van der Waals surface area contributed by atoms with Gasteiger partial charge in [-0.3, -0.25) is 9.89 Å². The molecule has 0 aliphatic carbocycles. The Morgan fingerprint density at radius 1 is 1.59 bits per heavy atom. The third kappa shape index (κ3) is 2.25. The molecule has 0 bridgehead atoms. The smallest absolute Gasteiger partial charge is 0.246 e. The van der Waals surface area contributed by atoms with Crippen LogP contribution in [0.3, 0.4) is 0 Å². The summed E-state index contributed by atoms with van der Waals surface area (Å²) in [5.41, 5.74) is 0. The molecule has 6 nitrogen and oxygen atoms in total. The van der Waals surface area contributed by atoms with Gasteiger partial charge in [0.05, 0.1) is 6.20 Å². The molecule has 1 aromatic heterocycles. The van der Waals surface area contributed by atoms with Crippen molar-refractivity contribution < 1.29 is 13.2 Å². The van der Waals surface area contributed by atoms with Crippen molar-refractivity contribution >= 4 is 15.8 Å². The standard InChI is InChI=1S/C10H15N3O3S/c1-2-8-7-13(4-3-10(8)14)17(15,16)9-5-11-12-6-9/h5-6,8H,2-4,7H2,1H3,(H,11,12). The molecule has 1 unspecified atom stereocenters. The van der Waals surface area contributed by atoms with Gasteiger partial charge in [-0.15, -0.1) is 0 Å². The van der Waals surface area contributed by atoms with E-state index in [0.29, 0.717) is 12.8 Å². The van der Waals surface area contributed by atoms with Gasteiger partial charge in [-0.2, -0.15) is 9.40 Å². The van der Waals surface area contributed by atoms with Gasteiger partial charge in [-0.1, -0.05) is 6.92 Å². The Hall–Kier alpha value is -1.21. The quantitative estimate of drug-likeness (QED) is 0.849. The van der Waals surface area contributed by atoms with Crippen LogP contribution in [0.15, 0.2) is 17.3 Å². The molecule has 17 heavy (non-hydrogen) atoms. The van der Waals surface area contributed by atoms with E-state index >= 15 is 0 Å². The summed E-state index contributed by atoms with van der Waals surface area (Å²) in [6.07, 6.45) is 3.62. The van der Waals surface area contributed by atoms with Crippen molar-refractivity contribution in [2.75, 3.05) is 13.1 Å². The van der Waals surface area contributed by atoms with Gasteiger partial charge in [0.2, 0.25) is 10.0 Å². The van der Waals surface area contributed by atoms with E-state index in [1.807, 2.05) is 6.92 Å². The van der Waals surface area contributed by atoms with Gasteiger partial charge in [-0.25, -0.2) is 8.42 Å². The van der Waals surface area contributed by atoms with Crippen LogP contribution in [-0.4, -0.2) is 41.8 Å². The average molecular weight is 257 g/mol. The Balaban J connectivity index is 2.21. The second kappa shape index (κ2) is 4.58. The van der Waals surface area contributed by atoms with E-state index < -0.39 is 10.0 Å². The highest BCUT2D eigenvalue weighted by Gasteiger charge is 2.33. The van der Waals surface area contributed by atoms with Crippen molar-refractivity contribution in [1.82, 2.24) is 14.5 Å². The minimum Gasteiger partial charge on any atom is -0.299 e. The fourth-order valence-corrected chi connectivity index (χ4v) is 3.38. The van der Waals surface area contributed by atoms with Crippen LogP contribution in [0.25, 0.3) is 0 Å². The fourth-order valence-electron chi connectivity index (χ4n) is 1.98. The van der Waals surface area contributed by atoms with Crippen LogP contribution in [0.2, 0.25) is 0 Å². The summed E-state index contributed by atoms with van der Waals surface area (Å²) in [5, 5.41) is 6.13. The Morgan fingerprint density at radius 2 is 2.35 bits per heavy atom. The molecule has 0 saturated carbocycles. The summed E-state index contributed by atoms with van der Waals surface area (Å²) in [7, 11) is -3.50. The van der Waals surface area contributed by atoms with Crippen molar-refractivity contribution in [2.24, 2.45) is 5.92 Å². The number of hydrogen-bond acceptors (Lipinski definition) is 4. The topological polar surface area (TPSA) is 83.1 Å². The SMILES string of the molecule is CCC1CN(S(=O)(=O)c2cn[nH]c2)CCC1=O. The van der Waals surface area contributed by atoms with E-state index in [1.165, 1.54) is 16.7 Å². The van der Waals surface area contributed by atoms with E-state index in [0.717, 1.165) is 0 Å². The molecular formula is C10H15N3O3S. The highest BCUT2D eigenvalue weighted by Crippen LogP contribution is 2.22. The van der Waals surface area contributed by atoms with E-state index in [-0.39, 0.29) is 29.7 Å². The number of rotatable bonds is 3. The molecule has 2 rings (SSSR count). The third-order valence-electron chi connectivity index (χ3n) is 3.09. The highest BCUT2D eigenvalue weighted by atomic mass is 32.2. The van der Waals surface area contributed by atoms with Gasteiger partial charge >= 0.3 is 0 Å². The van der Waals surface area contributed by atoms with Crippen molar-refractivity contribution in [3.8, 4) is 0 Å². The van der Waals surface area contributed by atoms with Gasteiger partial charge in [0.1, 0.15) is 10.7 Å². The number of carbonyl (C=O) groups excluding carboxylic acids is 1. The van der Waals surface area contributed by atoms with E-state index in [9.17, 15) is 13.2 Å². The van der Waals surface area contributed by atoms with Crippen molar-refractivity contribution in [3.05, 3.63) is 12.4 Å². The lowest BCUT2D eigenvalue weighted by atomic mass is 9.96. The normalized spacial score (nSPS) is 22.9. The first-order chi connectivity index (χ1) is 8.05. The molecule has 94 valence electrons. The van der Waals surface area contributed by atoms with Gasteiger partial charge in [0.15, 0.2) is 0 Å². The number of ketones is 1. The van der Waals surface area contributed by atoms with Crippen LogP contribution < -0.4 is 0 Å². The van der Waals surface area contributed by atoms with Crippen molar-refractivity contribution in [1.29, 1.82) is 0 Å². The van der Waals surface area contributed by atoms with Crippen LogP contribution in [0.4, 0.5) is 0 Å². The molecule has 1 atom stereocenters. The first-order valence-electron chi connectivity index (χ1n) is 5.57. The number of carbonyl (C=O) groups is 1. The van der Waals surface area contributed by atoms with Crippen molar-refractivity contribution in [3.63, 3.8) is 0 Å². The zero-order chi connectivity index (χ0) is 12.5. The highest BCUT2D eigenvalue weighted by molar-refractivity contribution is 7.89. The minimum atomic E-state index is -3.50. The zero-order valence-corrected chi connectivity index (χ0v) is 10.4. The number of sulfonamides is 1. The molecular weight excluding hydrogens is 242 g/mol. The summed E-state index contributed by atoms with van der Waals surface area (Å²) in [4.78, 5) is 11.7. The summed E-state index contributed by atoms with van der Waals surface area (Å²) < 4.78 is 25.7. The van der Waals surface area contributed by atoms with Crippen LogP contribution >= 0.6 is 0 Å². The van der Waals surface area contributed by atoms with Gasteiger partial charge in [-0.05, 0) is 6.42 Å². The monoisotopic (exact) mass is 257 g/mol. The molecule has 0 amide bonds. The molecule has 0 aromatic carbocycles. The van der Waals surface area contributed by atoms with Crippen LogP contribution in [-0.2, 0) is 14.8 Å². The lowest BCUT2D eigenvalue weighted by molar-refractivity contribution is -0.125. The summed E-state index contributed by atoms with van der Waals surface area (Å²) in [6.45, 7) is 2.45. The molecule has 1 aliphatic rings. The maximum absolute atomic E-state index is 12.2. The average Bonchev–Trinajstić information content (AvgIpc) is 2.83. The maximum Gasteiger partial charge on any atom is 0.246 e. The van der Waals surface area contributed by atoms with E-state index in [2.05, 4.69) is 10.2 Å². The van der Waals surface area contributed by atoms with Crippen molar-refractivity contribution in [2.45, 2.75) is 24.7 Å². The first kappa shape index (κ1) is 12.3. The third-order valence-corrected chi connectivity index (χ3v) is 4.92. The summed E-state index contributed by atoms with van der Waals surface area (Å²) in [6, 6.07) is 0. The van der Waals surface area contributed by atoms with Gasteiger partial charge in [0.25, 0.3) is 0 Å². The molecule has 0 spiro atoms. The number of aromatic nitrogens is 2. The summed E-state index contributed by atoms with van der Waals surface area (Å²) >= 11 is 0. The molecule has 0 radical (unpaired) electrons. The van der Waals surface area contributed by atoms with Crippen LogP contribution in [0.5, 0.6) is 0 Å². The number of H-pyrrole nitrogens is 1. The second-order valence-electron chi connectivity index (χ2n) is 4.12. The Morgan fingerprint density at radius 3 is 2.94 bits per heavy atom. The molecule has 7 heteroatoms. The number of aromatic amines is 1. The molecule has 1 fully saturated rings. The first-order valence-corrected chi connectivity index (χ1v) is 7.01. The van der Waals surface area contributed by atoms with Crippen LogP contribution in [0, 0.1) is 5.92 Å². The van der Waals surface area contributed by atoms with E-state index in [1.54, 1.807) is 0 Å². The second-order valence-corrected chi connectivity index (χ2v) is 6.06. The van der Waals surface area contributed by atoms with E-state index in [4.69, 9.17) is 0 Å². The number of piperidine rings is 1. The lowest BCUT2D eigenvalue weighted by Gasteiger charge is -2.29. The lowest BCUT2D eigenvalue weighted by Crippen LogP contribution is -2.43. The predicted molar refractivity (Wildman–Crippen MR) is 60.8 cm³/mol. The predicted octanol–water partition coefficient (Wildman–Crippen LogP) is 0.399. The Labute approximate surface area is 100 Å². The largest absolute Gasteiger partial charge is 0.299 e. The molecule has 2 heterocycles. The molecule has 1 N–H and O–H groups in total. The Kier molecular flexibility index (Phi) is 3.30. The number of Topliss-reactive ketones (excluding diaryl/α,β-unsaturated/α-hetero) is 1. The van der Waals surface area contributed by atoms with Gasteiger partial charge < -0.3 is 0 Å².